The van der Waals surface area contributed by atoms with Gasteiger partial charge in [0.1, 0.15) is 0 Å². The number of likely N-dealkylation sites (tertiary alicyclic amines) is 2. The molecular formula is C22H42N4O2. The van der Waals surface area contributed by atoms with Crippen LogP contribution in [0.4, 0.5) is 0 Å². The molecular weight excluding hydrogens is 352 g/mol. The summed E-state index contributed by atoms with van der Waals surface area (Å²) in [6.07, 6.45) is 6.93. The molecule has 0 spiro atoms. The molecule has 0 aliphatic carbocycles. The first kappa shape index (κ1) is 21.0. The molecule has 0 N–H and O–H groups in total. The zero-order valence-electron chi connectivity index (χ0n) is 18.2. The number of morpholine rings is 2. The highest BCUT2D eigenvalue weighted by Gasteiger charge is 2.32. The Balaban J connectivity index is 1.20. The molecule has 0 aromatic carbocycles. The summed E-state index contributed by atoms with van der Waals surface area (Å²) in [4.78, 5) is 10.6. The molecule has 0 aromatic heterocycles. The van der Waals surface area contributed by atoms with Crippen molar-refractivity contribution in [3.05, 3.63) is 0 Å². The molecule has 0 radical (unpaired) electrons. The minimum atomic E-state index is 0.410. The number of hydrogen-bond acceptors (Lipinski definition) is 6. The molecule has 4 heterocycles. The zero-order valence-corrected chi connectivity index (χ0v) is 18.2. The molecule has 6 heteroatoms. The van der Waals surface area contributed by atoms with Crippen LogP contribution in [0.5, 0.6) is 0 Å². The molecule has 4 aliphatic heterocycles. The molecule has 0 saturated carbocycles. The van der Waals surface area contributed by atoms with Crippen LogP contribution in [-0.4, -0.2) is 123 Å². The predicted molar refractivity (Wildman–Crippen MR) is 113 cm³/mol. The molecule has 0 amide bonds. The summed E-state index contributed by atoms with van der Waals surface area (Å²) in [6.45, 7) is 14.7. The van der Waals surface area contributed by atoms with Crippen LogP contribution < -0.4 is 0 Å². The number of piperidine rings is 2. The van der Waals surface area contributed by atoms with Crippen molar-refractivity contribution in [1.82, 2.24) is 19.6 Å². The van der Waals surface area contributed by atoms with E-state index < -0.39 is 0 Å². The van der Waals surface area contributed by atoms with Crippen LogP contribution in [0.2, 0.25) is 0 Å². The second-order valence-electron chi connectivity index (χ2n) is 9.55. The maximum atomic E-state index is 6.20. The Morgan fingerprint density at radius 2 is 1.57 bits per heavy atom. The highest BCUT2D eigenvalue weighted by atomic mass is 16.5. The van der Waals surface area contributed by atoms with E-state index in [0.717, 1.165) is 58.1 Å². The Hall–Kier alpha value is -0.240. The minimum absolute atomic E-state index is 0.410. The van der Waals surface area contributed by atoms with Gasteiger partial charge in [-0.3, -0.25) is 9.80 Å². The fraction of sp³-hybridized carbons (Fsp3) is 1.00. The topological polar surface area (TPSA) is 31.4 Å². The molecule has 0 aromatic rings. The van der Waals surface area contributed by atoms with Crippen LogP contribution in [0.1, 0.15) is 39.0 Å². The molecule has 6 nitrogen and oxygen atoms in total. The number of nitrogens with zero attached hydrogens (tertiary/aromatic N) is 4. The van der Waals surface area contributed by atoms with E-state index >= 15 is 0 Å². The lowest BCUT2D eigenvalue weighted by atomic mass is 9.98. The Morgan fingerprint density at radius 1 is 0.821 bits per heavy atom. The summed E-state index contributed by atoms with van der Waals surface area (Å²) in [7, 11) is 2.27. The van der Waals surface area contributed by atoms with Gasteiger partial charge in [-0.1, -0.05) is 0 Å². The summed E-state index contributed by atoms with van der Waals surface area (Å²) in [5.74, 6) is 0. The average Bonchev–Trinajstić information content (AvgIpc) is 2.75. The van der Waals surface area contributed by atoms with Gasteiger partial charge in [0.25, 0.3) is 0 Å². The molecule has 4 saturated heterocycles. The molecule has 3 atom stereocenters. The molecule has 4 aliphatic rings. The highest BCUT2D eigenvalue weighted by Crippen LogP contribution is 2.24. The van der Waals surface area contributed by atoms with Crippen molar-refractivity contribution in [3.63, 3.8) is 0 Å². The van der Waals surface area contributed by atoms with E-state index in [1.807, 2.05) is 0 Å². The van der Waals surface area contributed by atoms with Gasteiger partial charge in [-0.05, 0) is 65.7 Å². The van der Waals surface area contributed by atoms with Crippen molar-refractivity contribution in [3.8, 4) is 0 Å². The Bertz CT molecular complexity index is 465. The zero-order chi connectivity index (χ0) is 19.3. The summed E-state index contributed by atoms with van der Waals surface area (Å²) in [5, 5.41) is 0. The lowest BCUT2D eigenvalue weighted by molar-refractivity contribution is -0.0655. The quantitative estimate of drug-likeness (QED) is 0.700. The fourth-order valence-electron chi connectivity index (χ4n) is 5.82. The van der Waals surface area contributed by atoms with Crippen molar-refractivity contribution in [2.75, 3.05) is 79.2 Å². The summed E-state index contributed by atoms with van der Waals surface area (Å²) in [6, 6.07) is 2.14. The van der Waals surface area contributed by atoms with Crippen molar-refractivity contribution in [2.45, 2.75) is 63.3 Å². The molecule has 0 bridgehead atoms. The first-order valence-corrected chi connectivity index (χ1v) is 11.8. The number of likely N-dealkylation sites (N-methyl/N-ethyl adjacent to an activating group) is 1. The van der Waals surface area contributed by atoms with Crippen LogP contribution in [0.3, 0.4) is 0 Å². The van der Waals surface area contributed by atoms with Crippen molar-refractivity contribution in [1.29, 1.82) is 0 Å². The Kier molecular flexibility index (Phi) is 7.64. The first-order chi connectivity index (χ1) is 13.7. The lowest BCUT2D eigenvalue weighted by Gasteiger charge is -2.44. The van der Waals surface area contributed by atoms with Crippen molar-refractivity contribution < 1.29 is 9.47 Å². The fourth-order valence-corrected chi connectivity index (χ4v) is 5.82. The van der Waals surface area contributed by atoms with E-state index in [1.54, 1.807) is 0 Å². The van der Waals surface area contributed by atoms with Gasteiger partial charge in [0, 0.05) is 50.8 Å². The van der Waals surface area contributed by atoms with E-state index in [9.17, 15) is 0 Å². The summed E-state index contributed by atoms with van der Waals surface area (Å²) in [5.41, 5.74) is 0. The Labute approximate surface area is 172 Å². The monoisotopic (exact) mass is 394 g/mol. The number of rotatable bonds is 5. The normalized spacial score (nSPS) is 34.5. The average molecular weight is 395 g/mol. The van der Waals surface area contributed by atoms with Crippen molar-refractivity contribution in [2.24, 2.45) is 0 Å². The predicted octanol–water partition coefficient (Wildman–Crippen LogP) is 1.36. The number of ether oxygens (including phenoxy) is 2. The van der Waals surface area contributed by atoms with E-state index in [2.05, 4.69) is 33.6 Å². The molecule has 4 rings (SSSR count). The summed E-state index contributed by atoms with van der Waals surface area (Å²) >= 11 is 0. The van der Waals surface area contributed by atoms with Gasteiger partial charge >= 0.3 is 0 Å². The summed E-state index contributed by atoms with van der Waals surface area (Å²) < 4.78 is 11.7. The van der Waals surface area contributed by atoms with Gasteiger partial charge < -0.3 is 19.3 Å². The SMILES string of the molecule is CC(CC1CN([C@H]2CCCN(C)C2)CCO1)N1CCC(N2CCOCC2)CC1. The maximum Gasteiger partial charge on any atom is 0.0717 e. The van der Waals surface area contributed by atoms with Crippen LogP contribution in [0.15, 0.2) is 0 Å². The van der Waals surface area contributed by atoms with E-state index in [4.69, 9.17) is 9.47 Å². The molecule has 2 unspecified atom stereocenters. The second-order valence-corrected chi connectivity index (χ2v) is 9.55. The van der Waals surface area contributed by atoms with Crippen molar-refractivity contribution >= 4 is 0 Å². The first-order valence-electron chi connectivity index (χ1n) is 11.8. The van der Waals surface area contributed by atoms with Crippen LogP contribution in [-0.2, 0) is 9.47 Å². The second kappa shape index (κ2) is 10.2. The van der Waals surface area contributed by atoms with E-state index in [-0.39, 0.29) is 0 Å². The third-order valence-electron chi connectivity index (χ3n) is 7.57. The van der Waals surface area contributed by atoms with Gasteiger partial charge in [-0.2, -0.15) is 0 Å². The maximum absolute atomic E-state index is 6.20. The van der Waals surface area contributed by atoms with Gasteiger partial charge in [0.05, 0.1) is 25.9 Å². The van der Waals surface area contributed by atoms with Gasteiger partial charge in [-0.25, -0.2) is 0 Å². The van der Waals surface area contributed by atoms with Gasteiger partial charge in [-0.15, -0.1) is 0 Å². The van der Waals surface area contributed by atoms with Crippen LogP contribution in [0, 0.1) is 0 Å². The minimum Gasteiger partial charge on any atom is -0.379 e. The molecule has 28 heavy (non-hydrogen) atoms. The largest absolute Gasteiger partial charge is 0.379 e. The highest BCUT2D eigenvalue weighted by molar-refractivity contribution is 4.87. The number of hydrogen-bond donors (Lipinski definition) is 0. The van der Waals surface area contributed by atoms with E-state index in [0.29, 0.717) is 12.1 Å². The molecule has 162 valence electrons. The van der Waals surface area contributed by atoms with Gasteiger partial charge in [0.15, 0.2) is 0 Å². The third-order valence-corrected chi connectivity index (χ3v) is 7.57. The lowest BCUT2D eigenvalue weighted by Crippen LogP contribution is -2.54. The Morgan fingerprint density at radius 3 is 2.32 bits per heavy atom. The molecule has 4 fully saturated rings. The standard InChI is InChI=1S/C22H42N4O2/c1-19(24-8-5-20(6-9-24)25-10-13-27-14-11-25)16-22-18-26(12-15-28-22)21-4-3-7-23(2)17-21/h19-22H,3-18H2,1-2H3/t19?,21-,22?/m0/s1. The van der Waals surface area contributed by atoms with E-state index in [1.165, 1.54) is 58.3 Å². The van der Waals surface area contributed by atoms with Crippen LogP contribution >= 0.6 is 0 Å². The smallest absolute Gasteiger partial charge is 0.0717 e. The third kappa shape index (κ3) is 5.46. The van der Waals surface area contributed by atoms with Gasteiger partial charge in [0.2, 0.25) is 0 Å². The van der Waals surface area contributed by atoms with Crippen LogP contribution in [0.25, 0.3) is 0 Å².